The summed E-state index contributed by atoms with van der Waals surface area (Å²) >= 11 is 0. The zero-order chi connectivity index (χ0) is 16.2. The maximum absolute atomic E-state index is 11.3. The summed E-state index contributed by atoms with van der Waals surface area (Å²) in [5, 5.41) is 3.05. The Bertz CT molecular complexity index is 740. The van der Waals surface area contributed by atoms with Crippen molar-refractivity contribution in [2.45, 2.75) is 13.5 Å². The van der Waals surface area contributed by atoms with E-state index in [1.54, 1.807) is 18.2 Å². The Morgan fingerprint density at radius 1 is 1.09 bits per heavy atom. The molecule has 5 nitrogen and oxygen atoms in total. The monoisotopic (exact) mass is 320 g/mol. The van der Waals surface area contributed by atoms with E-state index in [0.717, 1.165) is 23.1 Å². The van der Waals surface area contributed by atoms with Crippen LogP contribution in [-0.4, -0.2) is 21.7 Å². The third kappa shape index (κ3) is 4.75. The van der Waals surface area contributed by atoms with Crippen LogP contribution in [0.4, 0.5) is 5.69 Å². The van der Waals surface area contributed by atoms with E-state index >= 15 is 0 Å². The second kappa shape index (κ2) is 6.81. The van der Waals surface area contributed by atoms with Crippen molar-refractivity contribution in [3.63, 3.8) is 0 Å². The molecule has 0 aromatic heterocycles. The predicted octanol–water partition coefficient (Wildman–Crippen LogP) is 2.88. The lowest BCUT2D eigenvalue weighted by Crippen LogP contribution is -2.11. The molecule has 2 aromatic carbocycles. The number of aryl methyl sites for hydroxylation is 1. The lowest BCUT2D eigenvalue weighted by molar-refractivity contribution is 0.474. The van der Waals surface area contributed by atoms with E-state index in [1.165, 1.54) is 0 Å². The van der Waals surface area contributed by atoms with Gasteiger partial charge in [-0.25, -0.2) is 8.42 Å². The van der Waals surface area contributed by atoms with Gasteiger partial charge in [-0.2, -0.15) is 0 Å². The van der Waals surface area contributed by atoms with Crippen LogP contribution in [0.3, 0.4) is 0 Å². The molecule has 0 saturated heterocycles. The molecule has 0 spiro atoms. The molecule has 0 unspecified atom stereocenters. The standard InChI is InChI=1S/C16H20N2O3S/c1-12-4-7-15(8-5-12)21-16-9-6-14(18-22(3,19)20)10-13(16)11-17-2/h4-10,17-18H,11H2,1-3H3. The lowest BCUT2D eigenvalue weighted by Gasteiger charge is -2.13. The quantitative estimate of drug-likeness (QED) is 0.859. The lowest BCUT2D eigenvalue weighted by atomic mass is 10.1. The van der Waals surface area contributed by atoms with Gasteiger partial charge in [-0.05, 0) is 44.3 Å². The largest absolute Gasteiger partial charge is 0.457 e. The number of hydrogen-bond donors (Lipinski definition) is 2. The average molecular weight is 320 g/mol. The summed E-state index contributed by atoms with van der Waals surface area (Å²) in [6.45, 7) is 2.59. The van der Waals surface area contributed by atoms with Crippen LogP contribution in [0.1, 0.15) is 11.1 Å². The highest BCUT2D eigenvalue weighted by molar-refractivity contribution is 7.92. The van der Waals surface area contributed by atoms with Gasteiger partial charge in [-0.3, -0.25) is 4.72 Å². The van der Waals surface area contributed by atoms with Crippen molar-refractivity contribution in [2.24, 2.45) is 0 Å². The smallest absolute Gasteiger partial charge is 0.229 e. The molecule has 22 heavy (non-hydrogen) atoms. The number of benzene rings is 2. The van der Waals surface area contributed by atoms with Gasteiger partial charge in [0.1, 0.15) is 11.5 Å². The van der Waals surface area contributed by atoms with Crippen LogP contribution in [0.5, 0.6) is 11.5 Å². The first-order valence-corrected chi connectivity index (χ1v) is 8.76. The fourth-order valence-electron chi connectivity index (χ4n) is 2.02. The van der Waals surface area contributed by atoms with Gasteiger partial charge in [0.2, 0.25) is 10.0 Å². The highest BCUT2D eigenvalue weighted by Crippen LogP contribution is 2.28. The Kier molecular flexibility index (Phi) is 5.05. The van der Waals surface area contributed by atoms with Crippen molar-refractivity contribution in [3.8, 4) is 11.5 Å². The first-order chi connectivity index (χ1) is 10.4. The van der Waals surface area contributed by atoms with Crippen molar-refractivity contribution < 1.29 is 13.2 Å². The normalized spacial score (nSPS) is 11.2. The Labute approximate surface area is 131 Å². The number of anilines is 1. The van der Waals surface area contributed by atoms with Crippen LogP contribution >= 0.6 is 0 Å². The van der Waals surface area contributed by atoms with Crippen molar-refractivity contribution in [1.82, 2.24) is 5.32 Å². The highest BCUT2D eigenvalue weighted by atomic mass is 32.2. The maximum atomic E-state index is 11.3. The molecule has 0 atom stereocenters. The van der Waals surface area contributed by atoms with Crippen LogP contribution in [0.2, 0.25) is 0 Å². The molecular weight excluding hydrogens is 300 g/mol. The van der Waals surface area contributed by atoms with Crippen LogP contribution in [0.15, 0.2) is 42.5 Å². The van der Waals surface area contributed by atoms with Gasteiger partial charge in [-0.15, -0.1) is 0 Å². The number of rotatable bonds is 6. The summed E-state index contributed by atoms with van der Waals surface area (Å²) in [4.78, 5) is 0. The van der Waals surface area contributed by atoms with Crippen molar-refractivity contribution >= 4 is 15.7 Å². The van der Waals surface area contributed by atoms with Gasteiger partial charge in [0.25, 0.3) is 0 Å². The fraction of sp³-hybridized carbons (Fsp3) is 0.250. The van der Waals surface area contributed by atoms with Gasteiger partial charge in [0, 0.05) is 17.8 Å². The topological polar surface area (TPSA) is 67.4 Å². The van der Waals surface area contributed by atoms with E-state index in [1.807, 2.05) is 38.2 Å². The molecule has 0 aliphatic rings. The van der Waals surface area contributed by atoms with E-state index < -0.39 is 10.0 Å². The molecule has 0 aliphatic heterocycles. The van der Waals surface area contributed by atoms with E-state index in [-0.39, 0.29) is 0 Å². The van der Waals surface area contributed by atoms with Gasteiger partial charge in [0.15, 0.2) is 0 Å². The average Bonchev–Trinajstić information content (AvgIpc) is 2.43. The molecule has 0 radical (unpaired) electrons. The van der Waals surface area contributed by atoms with E-state index in [9.17, 15) is 8.42 Å². The fourth-order valence-corrected chi connectivity index (χ4v) is 2.57. The summed E-state index contributed by atoms with van der Waals surface area (Å²) in [6.07, 6.45) is 1.13. The Balaban J connectivity index is 2.28. The number of sulfonamides is 1. The highest BCUT2D eigenvalue weighted by Gasteiger charge is 2.08. The van der Waals surface area contributed by atoms with Gasteiger partial charge >= 0.3 is 0 Å². The number of nitrogens with one attached hydrogen (secondary N) is 2. The van der Waals surface area contributed by atoms with Crippen LogP contribution < -0.4 is 14.8 Å². The zero-order valence-corrected chi connectivity index (χ0v) is 13.7. The summed E-state index contributed by atoms with van der Waals surface area (Å²) < 4.78 is 31.0. The Hall–Kier alpha value is -2.05. The summed E-state index contributed by atoms with van der Waals surface area (Å²) in [5.74, 6) is 1.43. The van der Waals surface area contributed by atoms with Crippen LogP contribution in [-0.2, 0) is 16.6 Å². The third-order valence-corrected chi connectivity index (χ3v) is 3.59. The molecule has 2 rings (SSSR count). The molecule has 0 amide bonds. The molecule has 118 valence electrons. The van der Waals surface area contributed by atoms with E-state index in [2.05, 4.69) is 10.0 Å². The predicted molar refractivity (Wildman–Crippen MR) is 88.9 cm³/mol. The minimum Gasteiger partial charge on any atom is -0.457 e. The second-order valence-corrected chi connectivity index (χ2v) is 6.89. The molecular formula is C16H20N2O3S. The molecule has 0 saturated carbocycles. The molecule has 6 heteroatoms. The third-order valence-electron chi connectivity index (χ3n) is 2.98. The summed E-state index contributed by atoms with van der Waals surface area (Å²) in [7, 11) is -1.47. The first-order valence-electron chi connectivity index (χ1n) is 6.87. The first kappa shape index (κ1) is 16.3. The van der Waals surface area contributed by atoms with Crippen molar-refractivity contribution in [3.05, 3.63) is 53.6 Å². The van der Waals surface area contributed by atoms with Crippen molar-refractivity contribution in [2.75, 3.05) is 18.0 Å². The minimum absolute atomic E-state index is 0.518. The maximum Gasteiger partial charge on any atom is 0.229 e. The summed E-state index contributed by atoms with van der Waals surface area (Å²) in [5.41, 5.74) is 2.55. The van der Waals surface area contributed by atoms with Gasteiger partial charge in [0.05, 0.1) is 6.26 Å². The zero-order valence-electron chi connectivity index (χ0n) is 12.9. The molecule has 0 fully saturated rings. The minimum atomic E-state index is -3.30. The van der Waals surface area contributed by atoms with Crippen LogP contribution in [0, 0.1) is 6.92 Å². The molecule has 0 bridgehead atoms. The van der Waals surface area contributed by atoms with Crippen molar-refractivity contribution in [1.29, 1.82) is 0 Å². The SMILES string of the molecule is CNCc1cc(NS(C)(=O)=O)ccc1Oc1ccc(C)cc1. The van der Waals surface area contributed by atoms with Crippen LogP contribution in [0.25, 0.3) is 0 Å². The molecule has 2 aromatic rings. The molecule has 2 N–H and O–H groups in total. The van der Waals surface area contributed by atoms with Gasteiger partial charge < -0.3 is 10.1 Å². The number of ether oxygens (including phenoxy) is 1. The molecule has 0 heterocycles. The molecule has 0 aliphatic carbocycles. The number of hydrogen-bond acceptors (Lipinski definition) is 4. The second-order valence-electron chi connectivity index (χ2n) is 5.14. The Morgan fingerprint density at radius 3 is 2.36 bits per heavy atom. The summed E-state index contributed by atoms with van der Waals surface area (Å²) in [6, 6.07) is 13.0. The van der Waals surface area contributed by atoms with Gasteiger partial charge in [-0.1, -0.05) is 17.7 Å². The van der Waals surface area contributed by atoms with E-state index in [0.29, 0.717) is 18.0 Å². The Morgan fingerprint density at radius 2 is 1.77 bits per heavy atom. The van der Waals surface area contributed by atoms with E-state index in [4.69, 9.17) is 4.74 Å².